The Labute approximate surface area is 86.5 Å². The van der Waals surface area contributed by atoms with Crippen molar-refractivity contribution in [3.63, 3.8) is 0 Å². The van der Waals surface area contributed by atoms with Gasteiger partial charge in [-0.2, -0.15) is 0 Å². The molecule has 0 saturated carbocycles. The fourth-order valence-electron chi connectivity index (χ4n) is 1.97. The second-order valence-electron chi connectivity index (χ2n) is 3.65. The van der Waals surface area contributed by atoms with Gasteiger partial charge in [-0.15, -0.1) is 0 Å². The van der Waals surface area contributed by atoms with Gasteiger partial charge in [0.2, 0.25) is 5.91 Å². The molecule has 5 nitrogen and oxygen atoms in total. The van der Waals surface area contributed by atoms with Crippen LogP contribution in [-0.4, -0.2) is 16.1 Å². The first-order valence-electron chi connectivity index (χ1n) is 4.64. The quantitative estimate of drug-likeness (QED) is 0.286. The molecule has 1 aromatic rings. The fourth-order valence-corrected chi connectivity index (χ4v) is 1.97. The Morgan fingerprint density at radius 1 is 1.53 bits per heavy atom. The van der Waals surface area contributed by atoms with E-state index in [0.29, 0.717) is 12.0 Å². The van der Waals surface area contributed by atoms with Crippen LogP contribution >= 0.6 is 0 Å². The number of hydrazine groups is 1. The molecule has 5 heteroatoms. The molecule has 2 rings (SSSR count). The smallest absolute Gasteiger partial charge is 0.240 e. The molecule has 0 fully saturated rings. The van der Waals surface area contributed by atoms with Crippen LogP contribution in [0, 0.1) is 5.92 Å². The number of nitrogens with two attached hydrogens (primary N) is 1. The van der Waals surface area contributed by atoms with E-state index >= 15 is 0 Å². The van der Waals surface area contributed by atoms with Crippen molar-refractivity contribution in [1.29, 1.82) is 0 Å². The highest BCUT2D eigenvalue weighted by atomic mass is 16.3. The predicted molar refractivity (Wildman–Crippen MR) is 52.6 cm³/mol. The molecule has 1 aliphatic carbocycles. The molecule has 80 valence electrons. The molecule has 1 amide bonds. The number of benzene rings is 1. The maximum absolute atomic E-state index is 11.3. The second-order valence-corrected chi connectivity index (χ2v) is 3.65. The summed E-state index contributed by atoms with van der Waals surface area (Å²) in [5, 5.41) is 19.1. The first kappa shape index (κ1) is 9.95. The lowest BCUT2D eigenvalue weighted by molar-refractivity contribution is -0.128. The minimum absolute atomic E-state index is 0.134. The largest absolute Gasteiger partial charge is 0.508 e. The number of phenolic OH excluding ortho intramolecular Hbond substituents is 1. The summed E-state index contributed by atoms with van der Waals surface area (Å²) in [6.07, 6.45) is -0.447. The summed E-state index contributed by atoms with van der Waals surface area (Å²) in [5.74, 6) is 4.20. The van der Waals surface area contributed by atoms with E-state index < -0.39 is 17.9 Å². The highest BCUT2D eigenvalue weighted by Crippen LogP contribution is 2.37. The van der Waals surface area contributed by atoms with Gasteiger partial charge in [0, 0.05) is 0 Å². The number of aliphatic hydroxyl groups excluding tert-OH is 1. The molecule has 15 heavy (non-hydrogen) atoms. The monoisotopic (exact) mass is 208 g/mol. The maximum atomic E-state index is 11.3. The van der Waals surface area contributed by atoms with Crippen LogP contribution in [0.3, 0.4) is 0 Å². The van der Waals surface area contributed by atoms with Crippen LogP contribution in [0.5, 0.6) is 5.75 Å². The second kappa shape index (κ2) is 3.52. The van der Waals surface area contributed by atoms with E-state index in [-0.39, 0.29) is 5.75 Å². The van der Waals surface area contributed by atoms with E-state index in [9.17, 15) is 15.0 Å². The van der Waals surface area contributed by atoms with Crippen molar-refractivity contribution in [2.24, 2.45) is 11.8 Å². The van der Waals surface area contributed by atoms with E-state index in [2.05, 4.69) is 0 Å². The van der Waals surface area contributed by atoms with Crippen LogP contribution in [0.1, 0.15) is 17.2 Å². The molecule has 0 unspecified atom stereocenters. The lowest BCUT2D eigenvalue weighted by Gasteiger charge is -2.12. The van der Waals surface area contributed by atoms with E-state index in [1.807, 2.05) is 5.43 Å². The zero-order valence-electron chi connectivity index (χ0n) is 7.97. The number of hydrogen-bond acceptors (Lipinski definition) is 4. The molecule has 0 bridgehead atoms. The van der Waals surface area contributed by atoms with Gasteiger partial charge >= 0.3 is 0 Å². The molecule has 2 atom stereocenters. The summed E-state index contributed by atoms with van der Waals surface area (Å²) in [7, 11) is 0. The summed E-state index contributed by atoms with van der Waals surface area (Å²) in [5.41, 5.74) is 3.50. The first-order valence-corrected chi connectivity index (χ1v) is 4.64. The normalized spacial score (nSPS) is 23.6. The minimum atomic E-state index is -0.843. The number of hydrogen-bond donors (Lipinski definition) is 4. The number of carbonyl (C=O) groups is 1. The summed E-state index contributed by atoms with van der Waals surface area (Å²) in [6.45, 7) is 0. The molecule has 0 spiro atoms. The Morgan fingerprint density at radius 3 is 2.93 bits per heavy atom. The molecular weight excluding hydrogens is 196 g/mol. The number of fused-ring (bicyclic) bond motifs is 1. The molecule has 0 saturated heterocycles. The molecular formula is C10H12N2O3. The zero-order valence-corrected chi connectivity index (χ0v) is 7.97. The van der Waals surface area contributed by atoms with Crippen LogP contribution < -0.4 is 11.3 Å². The molecule has 0 aliphatic heterocycles. The van der Waals surface area contributed by atoms with Crippen molar-refractivity contribution in [3.05, 3.63) is 29.3 Å². The third kappa shape index (κ3) is 1.55. The lowest BCUT2D eigenvalue weighted by Crippen LogP contribution is -2.37. The van der Waals surface area contributed by atoms with Gasteiger partial charge in [-0.1, -0.05) is 6.07 Å². The van der Waals surface area contributed by atoms with Crippen LogP contribution in [0.25, 0.3) is 0 Å². The van der Waals surface area contributed by atoms with Gasteiger partial charge in [0.05, 0.1) is 12.0 Å². The van der Waals surface area contributed by atoms with Gasteiger partial charge in [0.25, 0.3) is 0 Å². The molecule has 0 radical (unpaired) electrons. The van der Waals surface area contributed by atoms with Crippen LogP contribution in [0.4, 0.5) is 0 Å². The van der Waals surface area contributed by atoms with Crippen LogP contribution in [0.15, 0.2) is 18.2 Å². The molecule has 0 aromatic heterocycles. The highest BCUT2D eigenvalue weighted by molar-refractivity contribution is 5.80. The predicted octanol–water partition coefficient (Wildman–Crippen LogP) is -0.412. The average molecular weight is 208 g/mol. The summed E-state index contributed by atoms with van der Waals surface area (Å²) < 4.78 is 0. The molecule has 1 aliphatic rings. The van der Waals surface area contributed by atoms with Gasteiger partial charge in [-0.3, -0.25) is 10.2 Å². The van der Waals surface area contributed by atoms with E-state index in [1.54, 1.807) is 12.1 Å². The summed E-state index contributed by atoms with van der Waals surface area (Å²) in [4.78, 5) is 11.3. The van der Waals surface area contributed by atoms with Gasteiger partial charge in [-0.05, 0) is 29.7 Å². The van der Waals surface area contributed by atoms with E-state index in [4.69, 9.17) is 5.84 Å². The number of nitrogens with one attached hydrogen (secondary N) is 1. The van der Waals surface area contributed by atoms with Gasteiger partial charge in [0.15, 0.2) is 0 Å². The van der Waals surface area contributed by atoms with Gasteiger partial charge in [-0.25, -0.2) is 5.84 Å². The average Bonchev–Trinajstić information content (AvgIpc) is 2.54. The Balaban J connectivity index is 2.32. The number of amides is 1. The topological polar surface area (TPSA) is 95.6 Å². The first-order chi connectivity index (χ1) is 7.13. The Hall–Kier alpha value is -1.59. The van der Waals surface area contributed by atoms with Crippen molar-refractivity contribution in [2.45, 2.75) is 12.5 Å². The standard InChI is InChI=1S/C10H12N2O3/c11-12-10(15)8-4-5-3-6(13)1-2-7(5)9(8)14/h1-3,8-9,13-14H,4,11H2,(H,12,15)/t8-,9+/m0/s1. The Bertz CT molecular complexity index is 406. The van der Waals surface area contributed by atoms with Crippen molar-refractivity contribution >= 4 is 5.91 Å². The van der Waals surface area contributed by atoms with E-state index in [0.717, 1.165) is 5.56 Å². The number of rotatable bonds is 1. The SMILES string of the molecule is NNC(=O)[C@H]1Cc2cc(O)ccc2[C@H]1O. The third-order valence-corrected chi connectivity index (χ3v) is 2.75. The fraction of sp³-hybridized carbons (Fsp3) is 0.300. The number of carbonyl (C=O) groups excluding carboxylic acids is 1. The maximum Gasteiger partial charge on any atom is 0.240 e. The zero-order chi connectivity index (χ0) is 11.0. The van der Waals surface area contributed by atoms with Crippen molar-refractivity contribution in [1.82, 2.24) is 5.43 Å². The molecule has 5 N–H and O–H groups in total. The Kier molecular flexibility index (Phi) is 2.34. The number of aromatic hydroxyl groups is 1. The highest BCUT2D eigenvalue weighted by Gasteiger charge is 2.35. The van der Waals surface area contributed by atoms with E-state index in [1.165, 1.54) is 6.07 Å². The van der Waals surface area contributed by atoms with Crippen molar-refractivity contribution < 1.29 is 15.0 Å². The summed E-state index contributed by atoms with van der Waals surface area (Å²) in [6, 6.07) is 4.67. The lowest BCUT2D eigenvalue weighted by atomic mass is 10.0. The third-order valence-electron chi connectivity index (χ3n) is 2.75. The molecule has 0 heterocycles. The number of phenols is 1. The van der Waals surface area contributed by atoms with Crippen molar-refractivity contribution in [2.75, 3.05) is 0 Å². The van der Waals surface area contributed by atoms with Crippen molar-refractivity contribution in [3.8, 4) is 5.75 Å². The van der Waals surface area contributed by atoms with Gasteiger partial charge < -0.3 is 10.2 Å². The minimum Gasteiger partial charge on any atom is -0.508 e. The van der Waals surface area contributed by atoms with Gasteiger partial charge in [0.1, 0.15) is 5.75 Å². The van der Waals surface area contributed by atoms with Crippen LogP contribution in [-0.2, 0) is 11.2 Å². The number of aliphatic hydroxyl groups is 1. The Morgan fingerprint density at radius 2 is 2.27 bits per heavy atom. The van der Waals surface area contributed by atoms with Crippen LogP contribution in [0.2, 0.25) is 0 Å². The summed E-state index contributed by atoms with van der Waals surface area (Å²) >= 11 is 0. The molecule has 1 aromatic carbocycles.